The molecule has 0 saturated heterocycles. The third kappa shape index (κ3) is 3.77. The van der Waals surface area contributed by atoms with Crippen LogP contribution in [0.4, 0.5) is 4.39 Å². The van der Waals surface area contributed by atoms with Crippen molar-refractivity contribution in [2.24, 2.45) is 0 Å². The van der Waals surface area contributed by atoms with E-state index >= 15 is 0 Å². The van der Waals surface area contributed by atoms with Crippen LogP contribution in [-0.2, 0) is 0 Å². The Bertz CT molecular complexity index is 392. The largest absolute Gasteiger partial charge is 0.335 e. The molecule has 0 aliphatic heterocycles. The van der Waals surface area contributed by atoms with Crippen LogP contribution in [0.1, 0.15) is 24.2 Å². The van der Waals surface area contributed by atoms with Crippen molar-refractivity contribution in [3.05, 3.63) is 29.8 Å². The summed E-state index contributed by atoms with van der Waals surface area (Å²) in [5, 5.41) is 0. The number of aromatic nitrogens is 1. The van der Waals surface area contributed by atoms with Crippen molar-refractivity contribution < 1.29 is 9.18 Å². The Morgan fingerprint density at radius 2 is 2.11 bits per heavy atom. The highest BCUT2D eigenvalue weighted by Gasteiger charge is 2.20. The fourth-order valence-electron chi connectivity index (χ4n) is 1.95. The van der Waals surface area contributed by atoms with Gasteiger partial charge in [-0.2, -0.15) is 4.39 Å². The normalized spacial score (nSPS) is 12.6. The second-order valence-electron chi connectivity index (χ2n) is 4.57. The molecular formula is C13H20FN3O. The van der Waals surface area contributed by atoms with Crippen LogP contribution < -0.4 is 0 Å². The fraction of sp³-hybridized carbons (Fsp3) is 0.538. The summed E-state index contributed by atoms with van der Waals surface area (Å²) in [6.45, 7) is 5.33. The molecule has 1 aromatic rings. The van der Waals surface area contributed by atoms with Crippen molar-refractivity contribution >= 4 is 5.91 Å². The number of nitrogens with zero attached hydrogens (tertiary/aromatic N) is 3. The number of halogens is 1. The zero-order chi connectivity index (χ0) is 13.7. The Morgan fingerprint density at radius 1 is 1.44 bits per heavy atom. The molecule has 0 aliphatic carbocycles. The van der Waals surface area contributed by atoms with E-state index in [2.05, 4.69) is 4.98 Å². The van der Waals surface area contributed by atoms with Crippen molar-refractivity contribution in [1.29, 1.82) is 0 Å². The Hall–Kier alpha value is -1.49. The van der Waals surface area contributed by atoms with Crippen LogP contribution in [0.15, 0.2) is 18.3 Å². The zero-order valence-corrected chi connectivity index (χ0v) is 11.4. The van der Waals surface area contributed by atoms with Gasteiger partial charge in [0.15, 0.2) is 0 Å². The first-order chi connectivity index (χ1) is 8.45. The van der Waals surface area contributed by atoms with Crippen LogP contribution in [0, 0.1) is 5.95 Å². The first-order valence-electron chi connectivity index (χ1n) is 6.03. The summed E-state index contributed by atoms with van der Waals surface area (Å²) in [4.78, 5) is 19.6. The average molecular weight is 253 g/mol. The number of carbonyl (C=O) groups excluding carboxylic acids is 1. The number of hydrogen-bond donors (Lipinski definition) is 0. The summed E-state index contributed by atoms with van der Waals surface area (Å²) in [6, 6.07) is 2.77. The Morgan fingerprint density at radius 3 is 2.56 bits per heavy atom. The molecular weight excluding hydrogens is 233 g/mol. The molecule has 18 heavy (non-hydrogen) atoms. The first kappa shape index (κ1) is 14.6. The molecule has 1 unspecified atom stereocenters. The maximum absolute atomic E-state index is 12.7. The molecule has 100 valence electrons. The molecule has 0 aromatic carbocycles. The van der Waals surface area contributed by atoms with Crippen molar-refractivity contribution in [3.63, 3.8) is 0 Å². The van der Waals surface area contributed by atoms with Gasteiger partial charge in [0.05, 0.1) is 5.56 Å². The number of rotatable bonds is 5. The van der Waals surface area contributed by atoms with Gasteiger partial charge < -0.3 is 9.80 Å². The second kappa shape index (κ2) is 6.44. The summed E-state index contributed by atoms with van der Waals surface area (Å²) in [5.74, 6) is -0.685. The molecule has 1 rings (SSSR count). The SMILES string of the molecule is CCN(C(=O)c1ccc(F)nc1)C(C)CN(C)C. The maximum Gasteiger partial charge on any atom is 0.255 e. The maximum atomic E-state index is 12.7. The van der Waals surface area contributed by atoms with Gasteiger partial charge >= 0.3 is 0 Å². The summed E-state index contributed by atoms with van der Waals surface area (Å²) in [6.07, 6.45) is 1.28. The molecule has 0 saturated carbocycles. The molecule has 0 fully saturated rings. The first-order valence-corrected chi connectivity index (χ1v) is 6.03. The van der Waals surface area contributed by atoms with Crippen molar-refractivity contribution in [1.82, 2.24) is 14.8 Å². The zero-order valence-electron chi connectivity index (χ0n) is 11.4. The lowest BCUT2D eigenvalue weighted by atomic mass is 10.2. The average Bonchev–Trinajstić information content (AvgIpc) is 2.29. The lowest BCUT2D eigenvalue weighted by molar-refractivity contribution is 0.0678. The molecule has 5 heteroatoms. The standard InChI is InChI=1S/C13H20FN3O/c1-5-17(10(2)9-16(3)4)13(18)11-6-7-12(14)15-8-11/h6-8,10H,5,9H2,1-4H3. The van der Waals surface area contributed by atoms with Gasteiger partial charge in [0.25, 0.3) is 5.91 Å². The number of pyridine rings is 1. The molecule has 4 nitrogen and oxygen atoms in total. The van der Waals surface area contributed by atoms with E-state index in [0.717, 1.165) is 6.54 Å². The predicted molar refractivity (Wildman–Crippen MR) is 68.9 cm³/mol. The van der Waals surface area contributed by atoms with Gasteiger partial charge in [-0.15, -0.1) is 0 Å². The van der Waals surface area contributed by atoms with Crippen LogP contribution in [0.2, 0.25) is 0 Å². The number of carbonyl (C=O) groups is 1. The molecule has 0 spiro atoms. The van der Waals surface area contributed by atoms with E-state index < -0.39 is 5.95 Å². The minimum atomic E-state index is -0.573. The van der Waals surface area contributed by atoms with Crippen LogP contribution in [0.5, 0.6) is 0 Å². The minimum Gasteiger partial charge on any atom is -0.335 e. The summed E-state index contributed by atoms with van der Waals surface area (Å²) >= 11 is 0. The highest BCUT2D eigenvalue weighted by molar-refractivity contribution is 5.94. The van der Waals surface area contributed by atoms with Crippen LogP contribution in [-0.4, -0.2) is 53.9 Å². The van der Waals surface area contributed by atoms with Crippen LogP contribution in [0.3, 0.4) is 0 Å². The van der Waals surface area contributed by atoms with Crippen LogP contribution >= 0.6 is 0 Å². The Labute approximate surface area is 107 Å². The van der Waals surface area contributed by atoms with E-state index in [0.29, 0.717) is 12.1 Å². The predicted octanol–water partition coefficient (Wildman–Crippen LogP) is 1.63. The summed E-state index contributed by atoms with van der Waals surface area (Å²) in [7, 11) is 3.93. The number of amides is 1. The van der Waals surface area contributed by atoms with Crippen molar-refractivity contribution in [2.45, 2.75) is 19.9 Å². The second-order valence-corrected chi connectivity index (χ2v) is 4.57. The molecule has 0 bridgehead atoms. The lowest BCUT2D eigenvalue weighted by Gasteiger charge is -2.30. The van der Waals surface area contributed by atoms with Gasteiger partial charge in [0, 0.05) is 25.3 Å². The molecule has 1 aromatic heterocycles. The van der Waals surface area contributed by atoms with E-state index in [1.165, 1.54) is 18.3 Å². The molecule has 1 amide bonds. The van der Waals surface area contributed by atoms with Gasteiger partial charge in [0.1, 0.15) is 0 Å². The van der Waals surface area contributed by atoms with E-state index in [4.69, 9.17) is 0 Å². The third-order valence-corrected chi connectivity index (χ3v) is 2.74. The van der Waals surface area contributed by atoms with E-state index in [1.807, 2.05) is 32.8 Å². The third-order valence-electron chi connectivity index (χ3n) is 2.74. The van der Waals surface area contributed by atoms with Gasteiger partial charge in [-0.1, -0.05) is 0 Å². The summed E-state index contributed by atoms with van der Waals surface area (Å²) < 4.78 is 12.7. The molecule has 0 aliphatic rings. The summed E-state index contributed by atoms with van der Waals surface area (Å²) in [5.41, 5.74) is 0.420. The van der Waals surface area contributed by atoms with E-state index in [-0.39, 0.29) is 11.9 Å². The Kier molecular flexibility index (Phi) is 5.22. The molecule has 0 N–H and O–H groups in total. The Balaban J connectivity index is 2.81. The molecule has 0 radical (unpaired) electrons. The number of hydrogen-bond acceptors (Lipinski definition) is 3. The number of likely N-dealkylation sites (N-methyl/N-ethyl adjacent to an activating group) is 2. The van der Waals surface area contributed by atoms with Crippen molar-refractivity contribution in [3.8, 4) is 0 Å². The van der Waals surface area contributed by atoms with Gasteiger partial charge in [-0.3, -0.25) is 4.79 Å². The highest BCUT2D eigenvalue weighted by Crippen LogP contribution is 2.08. The molecule has 1 atom stereocenters. The quantitative estimate of drug-likeness (QED) is 0.748. The topological polar surface area (TPSA) is 36.4 Å². The van der Waals surface area contributed by atoms with Gasteiger partial charge in [0.2, 0.25) is 5.95 Å². The minimum absolute atomic E-state index is 0.0996. The van der Waals surface area contributed by atoms with Crippen LogP contribution in [0.25, 0.3) is 0 Å². The lowest BCUT2D eigenvalue weighted by Crippen LogP contribution is -2.43. The van der Waals surface area contributed by atoms with E-state index in [1.54, 1.807) is 4.90 Å². The van der Waals surface area contributed by atoms with Gasteiger partial charge in [-0.05, 0) is 40.1 Å². The highest BCUT2D eigenvalue weighted by atomic mass is 19.1. The van der Waals surface area contributed by atoms with Crippen molar-refractivity contribution in [2.75, 3.05) is 27.2 Å². The monoisotopic (exact) mass is 253 g/mol. The fourth-order valence-corrected chi connectivity index (χ4v) is 1.95. The van der Waals surface area contributed by atoms with Gasteiger partial charge in [-0.25, -0.2) is 4.98 Å². The molecule has 1 heterocycles. The smallest absolute Gasteiger partial charge is 0.255 e. The van der Waals surface area contributed by atoms with E-state index in [9.17, 15) is 9.18 Å².